The lowest BCUT2D eigenvalue weighted by Gasteiger charge is -2.10. The second-order valence-electron chi connectivity index (χ2n) is 5.71. The number of halogens is 3. The maximum absolute atomic E-state index is 14.0. The van der Waals surface area contributed by atoms with Crippen molar-refractivity contribution in [3.8, 4) is 5.75 Å². The van der Waals surface area contributed by atoms with Gasteiger partial charge in [-0.1, -0.05) is 12.1 Å². The third-order valence-corrected chi connectivity index (χ3v) is 3.51. The fourth-order valence-electron chi connectivity index (χ4n) is 2.35. The molecule has 1 aromatic carbocycles. The van der Waals surface area contributed by atoms with Gasteiger partial charge in [0.1, 0.15) is 12.3 Å². The first kappa shape index (κ1) is 19.9. The highest BCUT2D eigenvalue weighted by Crippen LogP contribution is 2.19. The van der Waals surface area contributed by atoms with Gasteiger partial charge in [-0.15, -0.1) is 0 Å². The quantitative estimate of drug-likeness (QED) is 0.495. The molecule has 29 heavy (non-hydrogen) atoms. The molecule has 0 fully saturated rings. The number of rotatable bonds is 9. The van der Waals surface area contributed by atoms with Gasteiger partial charge in [-0.05, 0) is 17.7 Å². The van der Waals surface area contributed by atoms with Gasteiger partial charge in [0.05, 0.1) is 18.1 Å². The Balaban J connectivity index is 1.66. The number of nitrogens with zero attached hydrogens (tertiary/aromatic N) is 4. The lowest BCUT2D eigenvalue weighted by molar-refractivity contribution is -0.137. The van der Waals surface area contributed by atoms with Gasteiger partial charge in [-0.25, -0.2) is 9.37 Å². The summed E-state index contributed by atoms with van der Waals surface area (Å²) in [6.07, 6.45) is 3.76. The summed E-state index contributed by atoms with van der Waals surface area (Å²) in [6.45, 7) is -3.15. The number of aliphatic carboxylic acids is 1. The van der Waals surface area contributed by atoms with Crippen LogP contribution >= 0.6 is 0 Å². The van der Waals surface area contributed by atoms with E-state index in [1.165, 1.54) is 35.3 Å². The number of alkyl halides is 2. The zero-order valence-electron chi connectivity index (χ0n) is 14.7. The van der Waals surface area contributed by atoms with Crippen LogP contribution in [-0.2, 0) is 17.9 Å². The van der Waals surface area contributed by atoms with E-state index in [-0.39, 0.29) is 30.6 Å². The van der Waals surface area contributed by atoms with Crippen molar-refractivity contribution >= 4 is 23.4 Å². The van der Waals surface area contributed by atoms with Gasteiger partial charge in [0.25, 0.3) is 0 Å². The number of ether oxygens (including phenoxy) is 1. The number of carboxylic acids is 1. The zero-order chi connectivity index (χ0) is 20.8. The van der Waals surface area contributed by atoms with Crippen LogP contribution in [0, 0.1) is 5.82 Å². The van der Waals surface area contributed by atoms with Crippen LogP contribution in [0.25, 0.3) is 0 Å². The molecule has 3 rings (SSSR count). The predicted molar refractivity (Wildman–Crippen MR) is 95.5 cm³/mol. The van der Waals surface area contributed by atoms with Gasteiger partial charge < -0.3 is 20.5 Å². The van der Waals surface area contributed by atoms with Gasteiger partial charge in [-0.2, -0.15) is 18.9 Å². The molecular weight excluding hydrogens is 393 g/mol. The van der Waals surface area contributed by atoms with E-state index < -0.39 is 18.4 Å². The molecule has 0 amide bonds. The Kier molecular flexibility index (Phi) is 6.12. The molecule has 0 bridgehead atoms. The molecule has 0 saturated carbocycles. The smallest absolute Gasteiger partial charge is 0.387 e. The number of nitrogens with one attached hydrogen (secondary N) is 2. The van der Waals surface area contributed by atoms with Crippen molar-refractivity contribution in [2.45, 2.75) is 19.7 Å². The SMILES string of the molecule is O=C(O)Cn1cc(Nc2ncc(F)c(NCc3cccc(OC(F)F)c3)n2)cn1. The number of anilines is 3. The van der Waals surface area contributed by atoms with Crippen molar-refractivity contribution in [3.05, 3.63) is 54.2 Å². The Hall–Kier alpha value is -3.83. The van der Waals surface area contributed by atoms with Crippen molar-refractivity contribution in [2.24, 2.45) is 0 Å². The summed E-state index contributed by atoms with van der Waals surface area (Å²) >= 11 is 0. The van der Waals surface area contributed by atoms with Crippen LogP contribution in [0.5, 0.6) is 5.75 Å². The summed E-state index contributed by atoms with van der Waals surface area (Å²) in [4.78, 5) is 18.5. The first-order chi connectivity index (χ1) is 13.9. The van der Waals surface area contributed by atoms with Crippen LogP contribution in [0.15, 0.2) is 42.9 Å². The molecular formula is C17H15F3N6O3. The molecule has 152 valence electrons. The van der Waals surface area contributed by atoms with E-state index in [1.54, 1.807) is 6.07 Å². The van der Waals surface area contributed by atoms with Gasteiger partial charge in [0.2, 0.25) is 5.95 Å². The standard InChI is InChI=1S/C17H15F3N6O3/c18-13-7-22-17(24-11-6-23-26(8-11)9-14(27)28)25-15(13)21-5-10-2-1-3-12(4-10)29-16(19)20/h1-4,6-8,16H,5,9H2,(H,27,28)(H2,21,22,24,25). The fraction of sp³-hybridized carbons (Fsp3) is 0.176. The molecule has 0 radical (unpaired) electrons. The minimum atomic E-state index is -2.94. The Morgan fingerprint density at radius 3 is 2.90 bits per heavy atom. The molecule has 3 N–H and O–H groups in total. The summed E-state index contributed by atoms with van der Waals surface area (Å²) in [7, 11) is 0. The van der Waals surface area contributed by atoms with Crippen LogP contribution in [0.2, 0.25) is 0 Å². The van der Waals surface area contributed by atoms with E-state index in [2.05, 4.69) is 30.4 Å². The Labute approximate surface area is 162 Å². The van der Waals surface area contributed by atoms with E-state index in [9.17, 15) is 18.0 Å². The zero-order valence-corrected chi connectivity index (χ0v) is 14.7. The van der Waals surface area contributed by atoms with E-state index >= 15 is 0 Å². The summed E-state index contributed by atoms with van der Waals surface area (Å²) in [5.41, 5.74) is 0.992. The minimum absolute atomic E-state index is 0.0109. The van der Waals surface area contributed by atoms with E-state index in [4.69, 9.17) is 5.11 Å². The lowest BCUT2D eigenvalue weighted by atomic mass is 10.2. The maximum atomic E-state index is 14.0. The third kappa shape index (κ3) is 5.82. The molecule has 0 saturated heterocycles. The molecule has 0 unspecified atom stereocenters. The second kappa shape index (κ2) is 8.91. The van der Waals surface area contributed by atoms with E-state index in [0.717, 1.165) is 6.20 Å². The molecule has 9 nitrogen and oxygen atoms in total. The average molecular weight is 408 g/mol. The van der Waals surface area contributed by atoms with Crippen LogP contribution < -0.4 is 15.4 Å². The summed E-state index contributed by atoms with van der Waals surface area (Å²) in [5, 5.41) is 18.2. The molecule has 0 aliphatic rings. The van der Waals surface area contributed by atoms with Crippen LogP contribution in [0.4, 0.5) is 30.6 Å². The monoisotopic (exact) mass is 408 g/mol. The predicted octanol–water partition coefficient (Wildman–Crippen LogP) is 2.85. The Morgan fingerprint density at radius 1 is 1.31 bits per heavy atom. The molecule has 0 aliphatic heterocycles. The van der Waals surface area contributed by atoms with Gasteiger partial charge in [-0.3, -0.25) is 9.48 Å². The molecule has 2 heterocycles. The maximum Gasteiger partial charge on any atom is 0.387 e. The van der Waals surface area contributed by atoms with Crippen LogP contribution in [-0.4, -0.2) is 37.4 Å². The Morgan fingerprint density at radius 2 is 2.14 bits per heavy atom. The normalized spacial score (nSPS) is 10.8. The number of carbonyl (C=O) groups is 1. The molecule has 0 spiro atoms. The van der Waals surface area contributed by atoms with Crippen molar-refractivity contribution in [3.63, 3.8) is 0 Å². The van der Waals surface area contributed by atoms with Crippen molar-refractivity contribution in [1.29, 1.82) is 0 Å². The minimum Gasteiger partial charge on any atom is -0.480 e. The lowest BCUT2D eigenvalue weighted by Crippen LogP contribution is -2.09. The third-order valence-electron chi connectivity index (χ3n) is 3.51. The number of benzene rings is 1. The molecule has 0 aliphatic carbocycles. The van der Waals surface area contributed by atoms with Gasteiger partial charge in [0, 0.05) is 12.7 Å². The van der Waals surface area contributed by atoms with Crippen molar-refractivity contribution in [1.82, 2.24) is 19.7 Å². The van der Waals surface area contributed by atoms with Crippen molar-refractivity contribution < 1.29 is 27.8 Å². The topological polar surface area (TPSA) is 114 Å². The number of hydrogen-bond acceptors (Lipinski definition) is 7. The fourth-order valence-corrected chi connectivity index (χ4v) is 2.35. The number of carboxylic acid groups (broad SMARTS) is 1. The molecule has 2 aromatic heterocycles. The Bertz CT molecular complexity index is 998. The largest absolute Gasteiger partial charge is 0.480 e. The highest BCUT2D eigenvalue weighted by atomic mass is 19.3. The van der Waals surface area contributed by atoms with Crippen LogP contribution in [0.1, 0.15) is 5.56 Å². The molecule has 3 aromatic rings. The van der Waals surface area contributed by atoms with Gasteiger partial charge >= 0.3 is 12.6 Å². The molecule has 12 heteroatoms. The van der Waals surface area contributed by atoms with Gasteiger partial charge in [0.15, 0.2) is 11.6 Å². The van der Waals surface area contributed by atoms with Crippen molar-refractivity contribution in [2.75, 3.05) is 10.6 Å². The summed E-state index contributed by atoms with van der Waals surface area (Å²) in [6, 6.07) is 5.97. The number of aromatic nitrogens is 4. The average Bonchev–Trinajstić information content (AvgIpc) is 3.08. The van der Waals surface area contributed by atoms with E-state index in [0.29, 0.717) is 11.3 Å². The molecule has 0 atom stereocenters. The summed E-state index contributed by atoms with van der Waals surface area (Å²) < 4.78 is 44.1. The number of hydrogen-bond donors (Lipinski definition) is 3. The first-order valence-corrected chi connectivity index (χ1v) is 8.20. The van der Waals surface area contributed by atoms with Crippen LogP contribution in [0.3, 0.4) is 0 Å². The highest BCUT2D eigenvalue weighted by Gasteiger charge is 2.10. The summed E-state index contributed by atoms with van der Waals surface area (Å²) in [5.74, 6) is -1.83. The first-order valence-electron chi connectivity index (χ1n) is 8.20. The highest BCUT2D eigenvalue weighted by molar-refractivity contribution is 5.66. The second-order valence-corrected chi connectivity index (χ2v) is 5.71. The van der Waals surface area contributed by atoms with E-state index in [1.807, 2.05) is 0 Å².